The fraction of sp³-hybridized carbons (Fsp3) is 0.400. The van der Waals surface area contributed by atoms with Gasteiger partial charge in [-0.1, -0.05) is 60.2 Å². The maximum Gasteiger partial charge on any atom is 0.0699 e. The van der Waals surface area contributed by atoms with Crippen LogP contribution in [0.5, 0.6) is 0 Å². The Labute approximate surface area is 133 Å². The molecule has 2 aromatic rings. The summed E-state index contributed by atoms with van der Waals surface area (Å²) in [7, 11) is 0. The van der Waals surface area contributed by atoms with E-state index in [9.17, 15) is 5.11 Å². The predicted octanol–water partition coefficient (Wildman–Crippen LogP) is 3.42. The lowest BCUT2D eigenvalue weighted by Crippen LogP contribution is -2.44. The SMILES string of the molecule is Cc1ccc(C[C@H]2CCN(Cc3ccccc3)C[C@H]2O)cc1. The van der Waals surface area contributed by atoms with Gasteiger partial charge < -0.3 is 5.11 Å². The molecule has 1 fully saturated rings. The number of aryl methyl sites for hydroxylation is 1. The van der Waals surface area contributed by atoms with E-state index in [1.54, 1.807) is 0 Å². The molecule has 0 bridgehead atoms. The van der Waals surface area contributed by atoms with Gasteiger partial charge in [0.25, 0.3) is 0 Å². The lowest BCUT2D eigenvalue weighted by molar-refractivity contribution is 0.0187. The molecule has 0 aromatic heterocycles. The summed E-state index contributed by atoms with van der Waals surface area (Å²) in [5.41, 5.74) is 3.96. The molecule has 0 amide bonds. The second-order valence-corrected chi connectivity index (χ2v) is 6.53. The number of aliphatic hydroxyl groups excluding tert-OH is 1. The van der Waals surface area contributed by atoms with E-state index < -0.39 is 0 Å². The van der Waals surface area contributed by atoms with Crippen molar-refractivity contribution in [1.82, 2.24) is 4.90 Å². The molecule has 2 heteroatoms. The van der Waals surface area contributed by atoms with E-state index in [0.717, 1.165) is 32.5 Å². The minimum absolute atomic E-state index is 0.223. The summed E-state index contributed by atoms with van der Waals surface area (Å²) < 4.78 is 0. The Morgan fingerprint density at radius 2 is 1.73 bits per heavy atom. The van der Waals surface area contributed by atoms with Gasteiger partial charge in [0.1, 0.15) is 0 Å². The predicted molar refractivity (Wildman–Crippen MR) is 90.7 cm³/mol. The van der Waals surface area contributed by atoms with Crippen molar-refractivity contribution in [2.75, 3.05) is 13.1 Å². The zero-order valence-corrected chi connectivity index (χ0v) is 13.3. The van der Waals surface area contributed by atoms with Crippen LogP contribution in [0.1, 0.15) is 23.1 Å². The fourth-order valence-corrected chi connectivity index (χ4v) is 3.30. The maximum atomic E-state index is 10.5. The summed E-state index contributed by atoms with van der Waals surface area (Å²) >= 11 is 0. The molecule has 1 N–H and O–H groups in total. The first-order valence-corrected chi connectivity index (χ1v) is 8.20. The van der Waals surface area contributed by atoms with Gasteiger partial charge in [0.2, 0.25) is 0 Å². The van der Waals surface area contributed by atoms with Gasteiger partial charge in [-0.2, -0.15) is 0 Å². The molecule has 1 saturated heterocycles. The summed E-state index contributed by atoms with van der Waals surface area (Å²) in [4.78, 5) is 2.37. The number of nitrogens with zero attached hydrogens (tertiary/aromatic N) is 1. The van der Waals surface area contributed by atoms with Crippen LogP contribution in [0.3, 0.4) is 0 Å². The van der Waals surface area contributed by atoms with Crippen molar-refractivity contribution in [3.05, 3.63) is 71.3 Å². The topological polar surface area (TPSA) is 23.5 Å². The molecular weight excluding hydrogens is 270 g/mol. The molecule has 0 saturated carbocycles. The largest absolute Gasteiger partial charge is 0.391 e. The first-order valence-electron chi connectivity index (χ1n) is 8.20. The van der Waals surface area contributed by atoms with Crippen LogP contribution in [0, 0.1) is 12.8 Å². The smallest absolute Gasteiger partial charge is 0.0699 e. The van der Waals surface area contributed by atoms with Crippen molar-refractivity contribution >= 4 is 0 Å². The van der Waals surface area contributed by atoms with Crippen molar-refractivity contribution in [3.8, 4) is 0 Å². The fourth-order valence-electron chi connectivity index (χ4n) is 3.30. The molecule has 2 atom stereocenters. The van der Waals surface area contributed by atoms with Crippen molar-refractivity contribution in [2.45, 2.75) is 32.4 Å². The lowest BCUT2D eigenvalue weighted by atomic mass is 9.87. The molecule has 1 aliphatic heterocycles. The molecule has 1 heterocycles. The summed E-state index contributed by atoms with van der Waals surface area (Å²) in [6, 6.07) is 19.2. The van der Waals surface area contributed by atoms with Crippen LogP contribution >= 0.6 is 0 Å². The van der Waals surface area contributed by atoms with Gasteiger partial charge in [0, 0.05) is 13.1 Å². The molecule has 2 nitrogen and oxygen atoms in total. The molecule has 1 aliphatic rings. The zero-order chi connectivity index (χ0) is 15.4. The number of hydrogen-bond acceptors (Lipinski definition) is 2. The van der Waals surface area contributed by atoms with Crippen LogP contribution in [0.25, 0.3) is 0 Å². The van der Waals surface area contributed by atoms with Crippen LogP contribution in [-0.4, -0.2) is 29.2 Å². The monoisotopic (exact) mass is 295 g/mol. The number of hydrogen-bond donors (Lipinski definition) is 1. The molecule has 0 spiro atoms. The molecule has 2 aromatic carbocycles. The highest BCUT2D eigenvalue weighted by molar-refractivity contribution is 5.22. The molecule has 0 radical (unpaired) electrons. The van der Waals surface area contributed by atoms with E-state index in [2.05, 4.69) is 60.4 Å². The highest BCUT2D eigenvalue weighted by Crippen LogP contribution is 2.23. The van der Waals surface area contributed by atoms with Crippen LogP contribution in [0.15, 0.2) is 54.6 Å². The van der Waals surface area contributed by atoms with Crippen LogP contribution < -0.4 is 0 Å². The van der Waals surface area contributed by atoms with Gasteiger partial charge in [-0.3, -0.25) is 4.90 Å². The number of aliphatic hydroxyl groups is 1. The second-order valence-electron chi connectivity index (χ2n) is 6.53. The van der Waals surface area contributed by atoms with Crippen molar-refractivity contribution in [2.24, 2.45) is 5.92 Å². The lowest BCUT2D eigenvalue weighted by Gasteiger charge is -2.36. The number of β-amino-alcohol motifs (C(OH)–C–C–N with tert-alkyl or cyclic N) is 1. The average molecular weight is 295 g/mol. The Balaban J connectivity index is 1.54. The molecule has 3 rings (SSSR count). The molecule has 116 valence electrons. The van der Waals surface area contributed by atoms with Crippen molar-refractivity contribution in [1.29, 1.82) is 0 Å². The van der Waals surface area contributed by atoms with Gasteiger partial charge in [0.15, 0.2) is 0 Å². The third-order valence-electron chi connectivity index (χ3n) is 4.67. The van der Waals surface area contributed by atoms with Gasteiger partial charge in [0.05, 0.1) is 6.10 Å². The van der Waals surface area contributed by atoms with Crippen LogP contribution in [0.2, 0.25) is 0 Å². The normalized spacial score (nSPS) is 22.6. The van der Waals surface area contributed by atoms with Crippen molar-refractivity contribution in [3.63, 3.8) is 0 Å². The quantitative estimate of drug-likeness (QED) is 0.934. The van der Waals surface area contributed by atoms with E-state index in [4.69, 9.17) is 0 Å². The molecule has 0 unspecified atom stereocenters. The summed E-state index contributed by atoms with van der Waals surface area (Å²) in [5.74, 6) is 0.384. The zero-order valence-electron chi connectivity index (χ0n) is 13.3. The number of benzene rings is 2. The van der Waals surface area contributed by atoms with Gasteiger partial charge in [-0.25, -0.2) is 0 Å². The number of rotatable bonds is 4. The Hall–Kier alpha value is -1.64. The average Bonchev–Trinajstić information content (AvgIpc) is 2.53. The van der Waals surface area contributed by atoms with E-state index >= 15 is 0 Å². The van der Waals surface area contributed by atoms with E-state index in [-0.39, 0.29) is 6.10 Å². The summed E-state index contributed by atoms with van der Waals surface area (Å²) in [6.45, 7) is 4.91. The van der Waals surface area contributed by atoms with E-state index in [1.165, 1.54) is 16.7 Å². The molecule has 0 aliphatic carbocycles. The first-order chi connectivity index (χ1) is 10.7. The standard InChI is InChI=1S/C20H25NO/c1-16-7-9-17(10-8-16)13-19-11-12-21(15-20(19)22)14-18-5-3-2-4-6-18/h2-10,19-20,22H,11-15H2,1H3/t19-,20-/m1/s1. The van der Waals surface area contributed by atoms with Gasteiger partial charge in [-0.05, 0) is 43.4 Å². The third kappa shape index (κ3) is 3.96. The minimum Gasteiger partial charge on any atom is -0.391 e. The third-order valence-corrected chi connectivity index (χ3v) is 4.67. The Bertz CT molecular complexity index is 578. The molecular formula is C20H25NO. The molecule has 22 heavy (non-hydrogen) atoms. The maximum absolute atomic E-state index is 10.5. The van der Waals surface area contributed by atoms with Crippen molar-refractivity contribution < 1.29 is 5.11 Å². The first kappa shape index (κ1) is 15.3. The Morgan fingerprint density at radius 1 is 1.00 bits per heavy atom. The highest BCUT2D eigenvalue weighted by Gasteiger charge is 2.27. The Kier molecular flexibility index (Phi) is 4.91. The van der Waals surface area contributed by atoms with Crippen LogP contribution in [-0.2, 0) is 13.0 Å². The van der Waals surface area contributed by atoms with Gasteiger partial charge in [-0.15, -0.1) is 0 Å². The minimum atomic E-state index is -0.223. The number of piperidine rings is 1. The van der Waals surface area contributed by atoms with E-state index in [0.29, 0.717) is 5.92 Å². The second kappa shape index (κ2) is 7.08. The summed E-state index contributed by atoms with van der Waals surface area (Å²) in [6.07, 6.45) is 1.83. The Morgan fingerprint density at radius 3 is 2.41 bits per heavy atom. The van der Waals surface area contributed by atoms with E-state index in [1.807, 2.05) is 6.07 Å². The number of likely N-dealkylation sites (tertiary alicyclic amines) is 1. The van der Waals surface area contributed by atoms with Crippen LogP contribution in [0.4, 0.5) is 0 Å². The van der Waals surface area contributed by atoms with Gasteiger partial charge >= 0.3 is 0 Å². The highest BCUT2D eigenvalue weighted by atomic mass is 16.3. The summed E-state index contributed by atoms with van der Waals surface area (Å²) in [5, 5.41) is 10.5.